The van der Waals surface area contributed by atoms with Crippen molar-refractivity contribution in [3.63, 3.8) is 0 Å². The zero-order valence-electron chi connectivity index (χ0n) is 11.8. The summed E-state index contributed by atoms with van der Waals surface area (Å²) in [6, 6.07) is 0. The van der Waals surface area contributed by atoms with E-state index in [2.05, 4.69) is 36.6 Å². The average Bonchev–Trinajstić information content (AvgIpc) is 2.36. The number of piperidine rings is 1. The van der Waals surface area contributed by atoms with Gasteiger partial charge in [-0.25, -0.2) is 0 Å². The van der Waals surface area contributed by atoms with Crippen LogP contribution in [0.3, 0.4) is 0 Å². The molecule has 3 heteroatoms. The minimum absolute atomic E-state index is 0.143. The quantitative estimate of drug-likeness (QED) is 0.735. The Balaban J connectivity index is 2.43. The first-order chi connectivity index (χ1) is 8.63. The van der Waals surface area contributed by atoms with Gasteiger partial charge in [0.25, 0.3) is 0 Å². The normalized spacial score (nSPS) is 21.6. The van der Waals surface area contributed by atoms with Crippen LogP contribution in [0.15, 0.2) is 23.8 Å². The lowest BCUT2D eigenvalue weighted by atomic mass is 9.98. The van der Waals surface area contributed by atoms with Crippen molar-refractivity contribution in [1.29, 1.82) is 0 Å². The van der Waals surface area contributed by atoms with Crippen LogP contribution >= 0.6 is 0 Å². The molecule has 1 aliphatic heterocycles. The van der Waals surface area contributed by atoms with Gasteiger partial charge in [-0.2, -0.15) is 0 Å². The van der Waals surface area contributed by atoms with Gasteiger partial charge in [0.15, 0.2) is 0 Å². The fraction of sp³-hybridized carbons (Fsp3) is 0.667. The van der Waals surface area contributed by atoms with E-state index in [1.165, 1.54) is 5.57 Å². The van der Waals surface area contributed by atoms with Gasteiger partial charge < -0.3 is 10.6 Å². The number of nitrogens with one attached hydrogen (secondary N) is 2. The van der Waals surface area contributed by atoms with Crippen molar-refractivity contribution < 1.29 is 4.79 Å². The van der Waals surface area contributed by atoms with Crippen LogP contribution in [-0.2, 0) is 4.79 Å². The lowest BCUT2D eigenvalue weighted by Crippen LogP contribution is -2.41. The molecule has 0 aromatic heterocycles. The van der Waals surface area contributed by atoms with E-state index in [0.717, 1.165) is 25.9 Å². The van der Waals surface area contributed by atoms with Gasteiger partial charge in [0.1, 0.15) is 0 Å². The fourth-order valence-electron chi connectivity index (χ4n) is 2.22. The number of hydrogen-bond donors (Lipinski definition) is 2. The third-order valence-electron chi connectivity index (χ3n) is 3.06. The van der Waals surface area contributed by atoms with E-state index in [1.54, 1.807) is 0 Å². The van der Waals surface area contributed by atoms with Crippen LogP contribution in [0.5, 0.6) is 0 Å². The molecule has 0 aliphatic carbocycles. The van der Waals surface area contributed by atoms with Crippen LogP contribution in [-0.4, -0.2) is 25.5 Å². The van der Waals surface area contributed by atoms with E-state index in [-0.39, 0.29) is 11.8 Å². The van der Waals surface area contributed by atoms with Crippen molar-refractivity contribution in [3.05, 3.63) is 23.8 Å². The molecule has 1 atom stereocenters. The number of carbonyl (C=O) groups is 1. The van der Waals surface area contributed by atoms with E-state index in [9.17, 15) is 4.79 Å². The van der Waals surface area contributed by atoms with E-state index >= 15 is 0 Å². The Morgan fingerprint density at radius 1 is 1.50 bits per heavy atom. The first kappa shape index (κ1) is 15.0. The summed E-state index contributed by atoms with van der Waals surface area (Å²) in [5.74, 6) is 0.829. The highest BCUT2D eigenvalue weighted by Crippen LogP contribution is 2.10. The topological polar surface area (TPSA) is 41.1 Å². The number of hydrogen-bond acceptors (Lipinski definition) is 2. The van der Waals surface area contributed by atoms with Crippen LogP contribution in [0, 0.1) is 11.8 Å². The van der Waals surface area contributed by atoms with E-state index < -0.39 is 0 Å². The molecule has 1 unspecified atom stereocenters. The van der Waals surface area contributed by atoms with Crippen LogP contribution in [0.1, 0.15) is 33.6 Å². The minimum Gasteiger partial charge on any atom is -0.352 e. The fourth-order valence-corrected chi connectivity index (χ4v) is 2.22. The first-order valence-electron chi connectivity index (χ1n) is 6.95. The summed E-state index contributed by atoms with van der Waals surface area (Å²) in [6.45, 7) is 8.80. The highest BCUT2D eigenvalue weighted by Gasteiger charge is 2.20. The van der Waals surface area contributed by atoms with Gasteiger partial charge in [0.2, 0.25) is 5.91 Å². The molecule has 1 saturated heterocycles. The predicted molar refractivity (Wildman–Crippen MR) is 76.3 cm³/mol. The lowest BCUT2D eigenvalue weighted by molar-refractivity contribution is -0.125. The van der Waals surface area contributed by atoms with Crippen LogP contribution in [0.25, 0.3) is 0 Å². The molecule has 1 heterocycles. The zero-order chi connectivity index (χ0) is 13.4. The van der Waals surface area contributed by atoms with Gasteiger partial charge in [0.05, 0.1) is 5.92 Å². The molecular formula is C15H26N2O. The molecule has 0 bridgehead atoms. The predicted octanol–water partition coefficient (Wildman–Crippen LogP) is 2.26. The molecule has 0 aromatic carbocycles. The molecular weight excluding hydrogens is 224 g/mol. The number of carbonyl (C=O) groups excluding carboxylic acids is 1. The molecule has 3 nitrogen and oxygen atoms in total. The summed E-state index contributed by atoms with van der Waals surface area (Å²) >= 11 is 0. The lowest BCUT2D eigenvalue weighted by Gasteiger charge is -2.22. The Hall–Kier alpha value is -1.09. The standard InChI is InChI=1S/C15H26N2O/c1-4-6-13(9-12(2)3)10-17-15(18)14-7-5-8-16-11-14/h4,6,9,12,14,16H,5,7-8,10-11H2,1-3H3,(H,17,18)/b6-4-,13-9+. The highest BCUT2D eigenvalue weighted by molar-refractivity contribution is 5.79. The average molecular weight is 250 g/mol. The smallest absolute Gasteiger partial charge is 0.224 e. The summed E-state index contributed by atoms with van der Waals surface area (Å²) < 4.78 is 0. The van der Waals surface area contributed by atoms with E-state index in [0.29, 0.717) is 12.5 Å². The molecule has 0 spiro atoms. The summed E-state index contributed by atoms with van der Waals surface area (Å²) in [6.07, 6.45) is 8.38. The third-order valence-corrected chi connectivity index (χ3v) is 3.06. The first-order valence-corrected chi connectivity index (χ1v) is 6.95. The molecule has 1 aliphatic rings. The molecule has 1 fully saturated rings. The molecule has 1 amide bonds. The molecule has 18 heavy (non-hydrogen) atoms. The van der Waals surface area contributed by atoms with Crippen molar-refractivity contribution in [2.75, 3.05) is 19.6 Å². The molecule has 0 aromatic rings. The molecule has 102 valence electrons. The summed E-state index contributed by atoms with van der Waals surface area (Å²) in [5, 5.41) is 6.32. The molecule has 2 N–H and O–H groups in total. The Kier molecular flexibility index (Phi) is 6.73. The third kappa shape index (κ3) is 5.50. The maximum atomic E-state index is 12.0. The summed E-state index contributed by atoms with van der Waals surface area (Å²) in [4.78, 5) is 12.0. The Labute approximate surface area is 111 Å². The van der Waals surface area contributed by atoms with Crippen LogP contribution < -0.4 is 10.6 Å². The van der Waals surface area contributed by atoms with Gasteiger partial charge in [0, 0.05) is 13.1 Å². The number of rotatable bonds is 5. The SMILES string of the molecule is C/C=C\C(=C/C(C)C)CNC(=O)C1CCCNC1. The minimum atomic E-state index is 0.143. The monoisotopic (exact) mass is 250 g/mol. The second kappa shape index (κ2) is 8.09. The van der Waals surface area contributed by atoms with Crippen molar-refractivity contribution >= 4 is 5.91 Å². The van der Waals surface area contributed by atoms with Crippen LogP contribution in [0.2, 0.25) is 0 Å². The van der Waals surface area contributed by atoms with Gasteiger partial charge >= 0.3 is 0 Å². The van der Waals surface area contributed by atoms with Gasteiger partial charge in [-0.3, -0.25) is 4.79 Å². The van der Waals surface area contributed by atoms with Crippen molar-refractivity contribution in [2.24, 2.45) is 11.8 Å². The highest BCUT2D eigenvalue weighted by atomic mass is 16.1. The second-order valence-electron chi connectivity index (χ2n) is 5.25. The van der Waals surface area contributed by atoms with E-state index in [1.807, 2.05) is 13.0 Å². The second-order valence-corrected chi connectivity index (χ2v) is 5.25. The number of amides is 1. The maximum Gasteiger partial charge on any atom is 0.224 e. The van der Waals surface area contributed by atoms with Crippen molar-refractivity contribution in [1.82, 2.24) is 10.6 Å². The summed E-state index contributed by atoms with van der Waals surface area (Å²) in [5.41, 5.74) is 1.18. The van der Waals surface area contributed by atoms with E-state index in [4.69, 9.17) is 0 Å². The molecule has 0 radical (unpaired) electrons. The zero-order valence-corrected chi connectivity index (χ0v) is 11.8. The van der Waals surface area contributed by atoms with Crippen LogP contribution in [0.4, 0.5) is 0 Å². The Bertz CT molecular complexity index is 312. The Morgan fingerprint density at radius 3 is 2.83 bits per heavy atom. The van der Waals surface area contributed by atoms with Gasteiger partial charge in [-0.1, -0.05) is 32.1 Å². The summed E-state index contributed by atoms with van der Waals surface area (Å²) in [7, 11) is 0. The van der Waals surface area contributed by atoms with Gasteiger partial charge in [-0.05, 0) is 37.8 Å². The number of allylic oxidation sites excluding steroid dienone is 2. The largest absolute Gasteiger partial charge is 0.352 e. The maximum absolute atomic E-state index is 12.0. The van der Waals surface area contributed by atoms with Crippen molar-refractivity contribution in [2.45, 2.75) is 33.6 Å². The Morgan fingerprint density at radius 2 is 2.28 bits per heavy atom. The van der Waals surface area contributed by atoms with Gasteiger partial charge in [-0.15, -0.1) is 0 Å². The molecule has 1 rings (SSSR count). The van der Waals surface area contributed by atoms with Crippen molar-refractivity contribution in [3.8, 4) is 0 Å². The molecule has 0 saturated carbocycles.